The van der Waals surface area contributed by atoms with Crippen LogP contribution in [0.5, 0.6) is 0 Å². The van der Waals surface area contributed by atoms with Crippen LogP contribution in [0.4, 0.5) is 0 Å². The Hall–Kier alpha value is -1.44. The van der Waals surface area contributed by atoms with Crippen LogP contribution >= 0.6 is 0 Å². The first-order valence-electron chi connectivity index (χ1n) is 8.45. The highest BCUT2D eigenvalue weighted by Gasteiger charge is 2.34. The molecule has 0 aliphatic carbocycles. The molecule has 24 heavy (non-hydrogen) atoms. The first-order chi connectivity index (χ1) is 11.1. The van der Waals surface area contributed by atoms with Crippen LogP contribution in [0.1, 0.15) is 58.7 Å². The largest absolute Gasteiger partial charge is 0.339 e. The highest BCUT2D eigenvalue weighted by atomic mass is 32.2. The average Bonchev–Trinajstić information content (AvgIpc) is 3.08. The molecule has 0 saturated carbocycles. The van der Waals surface area contributed by atoms with Gasteiger partial charge in [0.15, 0.2) is 15.7 Å². The normalized spacial score (nSPS) is 20.2. The highest BCUT2D eigenvalue weighted by molar-refractivity contribution is 7.91. The summed E-state index contributed by atoms with van der Waals surface area (Å²) in [6, 6.07) is -0.199. The standard InChI is InChI=1S/C16H27N3O4S/c1-5-9-19(12-8-10-24(21,22)11-12)14(20)7-6-13-17-15(18-23-13)16(2,3)4/h12H,5-11H2,1-4H3. The minimum absolute atomic E-state index is 0.0468. The molecule has 1 aromatic heterocycles. The summed E-state index contributed by atoms with van der Waals surface area (Å²) in [5, 5.41) is 3.95. The summed E-state index contributed by atoms with van der Waals surface area (Å²) in [4.78, 5) is 18.6. The van der Waals surface area contributed by atoms with Crippen molar-refractivity contribution in [3.05, 3.63) is 11.7 Å². The molecule has 0 spiro atoms. The lowest BCUT2D eigenvalue weighted by Crippen LogP contribution is -2.41. The van der Waals surface area contributed by atoms with E-state index in [1.165, 1.54) is 0 Å². The van der Waals surface area contributed by atoms with Crippen LogP contribution in [-0.4, -0.2) is 53.5 Å². The van der Waals surface area contributed by atoms with E-state index < -0.39 is 9.84 Å². The van der Waals surface area contributed by atoms with Gasteiger partial charge in [-0.3, -0.25) is 4.79 Å². The second-order valence-electron chi connectivity index (χ2n) is 7.41. The Labute approximate surface area is 143 Å². The Morgan fingerprint density at radius 3 is 2.58 bits per heavy atom. The van der Waals surface area contributed by atoms with Crippen molar-refractivity contribution in [3.8, 4) is 0 Å². The minimum Gasteiger partial charge on any atom is -0.339 e. The summed E-state index contributed by atoms with van der Waals surface area (Å²) in [6.45, 7) is 8.55. The van der Waals surface area contributed by atoms with Crippen molar-refractivity contribution in [3.63, 3.8) is 0 Å². The zero-order valence-corrected chi connectivity index (χ0v) is 15.7. The molecule has 136 valence electrons. The quantitative estimate of drug-likeness (QED) is 0.769. The highest BCUT2D eigenvalue weighted by Crippen LogP contribution is 2.21. The number of carbonyl (C=O) groups excluding carboxylic acids is 1. The fraction of sp³-hybridized carbons (Fsp3) is 0.812. The van der Waals surface area contributed by atoms with Gasteiger partial charge < -0.3 is 9.42 Å². The van der Waals surface area contributed by atoms with Crippen LogP contribution < -0.4 is 0 Å². The number of aryl methyl sites for hydroxylation is 1. The fourth-order valence-electron chi connectivity index (χ4n) is 2.79. The molecule has 2 rings (SSSR count). The maximum absolute atomic E-state index is 12.5. The van der Waals surface area contributed by atoms with Crippen LogP contribution in [0, 0.1) is 0 Å². The molecule has 1 fully saturated rings. The molecule has 0 N–H and O–H groups in total. The smallest absolute Gasteiger partial charge is 0.227 e. The Bertz CT molecular complexity index is 676. The number of amides is 1. The molecule has 0 bridgehead atoms. The summed E-state index contributed by atoms with van der Waals surface area (Å²) in [5.41, 5.74) is -0.196. The topological polar surface area (TPSA) is 93.4 Å². The van der Waals surface area contributed by atoms with E-state index in [0.717, 1.165) is 6.42 Å². The summed E-state index contributed by atoms with van der Waals surface area (Å²) in [7, 11) is -3.01. The van der Waals surface area contributed by atoms with Gasteiger partial charge in [0.1, 0.15) is 0 Å². The molecule has 2 heterocycles. The lowest BCUT2D eigenvalue weighted by atomic mass is 9.96. The summed E-state index contributed by atoms with van der Waals surface area (Å²) >= 11 is 0. The van der Waals surface area contributed by atoms with E-state index >= 15 is 0 Å². The fourth-order valence-corrected chi connectivity index (χ4v) is 4.52. The van der Waals surface area contributed by atoms with Crippen molar-refractivity contribution in [2.24, 2.45) is 0 Å². The molecular weight excluding hydrogens is 330 g/mol. The Morgan fingerprint density at radius 1 is 1.38 bits per heavy atom. The van der Waals surface area contributed by atoms with Gasteiger partial charge in [-0.25, -0.2) is 8.42 Å². The van der Waals surface area contributed by atoms with Gasteiger partial charge >= 0.3 is 0 Å². The molecule has 1 aliphatic heterocycles. The van der Waals surface area contributed by atoms with Crippen molar-refractivity contribution in [1.82, 2.24) is 15.0 Å². The number of rotatable bonds is 6. The van der Waals surface area contributed by atoms with Gasteiger partial charge in [-0.15, -0.1) is 0 Å². The van der Waals surface area contributed by atoms with Gasteiger partial charge in [0.25, 0.3) is 0 Å². The molecule has 0 radical (unpaired) electrons. The first kappa shape index (κ1) is 18.9. The lowest BCUT2D eigenvalue weighted by molar-refractivity contribution is -0.133. The Balaban J connectivity index is 1.97. The summed E-state index contributed by atoms with van der Waals surface area (Å²) in [6.07, 6.45) is 1.96. The number of carbonyl (C=O) groups is 1. The predicted molar refractivity (Wildman–Crippen MR) is 90.4 cm³/mol. The molecule has 1 unspecified atom stereocenters. The lowest BCUT2D eigenvalue weighted by Gasteiger charge is -2.27. The number of aromatic nitrogens is 2. The average molecular weight is 357 g/mol. The third-order valence-corrected chi connectivity index (χ3v) is 5.88. The number of hydrogen-bond donors (Lipinski definition) is 0. The molecular formula is C16H27N3O4S. The van der Waals surface area contributed by atoms with Crippen LogP contribution in [0.25, 0.3) is 0 Å². The van der Waals surface area contributed by atoms with Crippen molar-refractivity contribution >= 4 is 15.7 Å². The first-order valence-corrected chi connectivity index (χ1v) is 10.3. The van der Waals surface area contributed by atoms with E-state index in [1.807, 2.05) is 27.7 Å². The molecule has 0 aromatic carbocycles. The van der Waals surface area contributed by atoms with Crippen LogP contribution in [0.15, 0.2) is 4.52 Å². The van der Waals surface area contributed by atoms with Gasteiger partial charge in [0.2, 0.25) is 11.8 Å². The monoisotopic (exact) mass is 357 g/mol. The van der Waals surface area contributed by atoms with Crippen LogP contribution in [-0.2, 0) is 26.5 Å². The minimum atomic E-state index is -3.01. The molecule has 1 saturated heterocycles. The molecule has 7 nitrogen and oxygen atoms in total. The number of nitrogens with zero attached hydrogens (tertiary/aromatic N) is 3. The van der Waals surface area contributed by atoms with E-state index in [2.05, 4.69) is 10.1 Å². The van der Waals surface area contributed by atoms with E-state index in [4.69, 9.17) is 4.52 Å². The Morgan fingerprint density at radius 2 is 2.08 bits per heavy atom. The zero-order chi connectivity index (χ0) is 18.0. The second kappa shape index (κ2) is 7.21. The van der Waals surface area contributed by atoms with Gasteiger partial charge in [-0.1, -0.05) is 32.9 Å². The van der Waals surface area contributed by atoms with E-state index in [9.17, 15) is 13.2 Å². The molecule has 1 atom stereocenters. The van der Waals surface area contributed by atoms with Crippen LogP contribution in [0.2, 0.25) is 0 Å². The molecule has 1 amide bonds. The molecule has 1 aliphatic rings. The maximum Gasteiger partial charge on any atom is 0.227 e. The molecule has 1 aromatic rings. The van der Waals surface area contributed by atoms with E-state index in [0.29, 0.717) is 31.1 Å². The zero-order valence-electron chi connectivity index (χ0n) is 14.9. The van der Waals surface area contributed by atoms with Crippen molar-refractivity contribution in [2.45, 2.75) is 64.8 Å². The molecule has 8 heteroatoms. The van der Waals surface area contributed by atoms with Crippen LogP contribution in [0.3, 0.4) is 0 Å². The summed E-state index contributed by atoms with van der Waals surface area (Å²) in [5.74, 6) is 1.27. The van der Waals surface area contributed by atoms with Crippen molar-refractivity contribution in [1.29, 1.82) is 0 Å². The number of hydrogen-bond acceptors (Lipinski definition) is 6. The second-order valence-corrected chi connectivity index (χ2v) is 9.63. The van der Waals surface area contributed by atoms with E-state index in [-0.39, 0.29) is 35.3 Å². The predicted octanol–water partition coefficient (Wildman–Crippen LogP) is 1.73. The SMILES string of the molecule is CCCN(C(=O)CCc1nc(C(C)(C)C)no1)C1CCS(=O)(=O)C1. The van der Waals surface area contributed by atoms with Gasteiger partial charge in [-0.2, -0.15) is 4.98 Å². The van der Waals surface area contributed by atoms with E-state index in [1.54, 1.807) is 4.90 Å². The van der Waals surface area contributed by atoms with Gasteiger partial charge in [0.05, 0.1) is 11.5 Å². The van der Waals surface area contributed by atoms with Gasteiger partial charge in [-0.05, 0) is 12.8 Å². The maximum atomic E-state index is 12.5. The third kappa shape index (κ3) is 4.78. The van der Waals surface area contributed by atoms with Gasteiger partial charge in [0, 0.05) is 30.8 Å². The van der Waals surface area contributed by atoms with Crippen molar-refractivity contribution < 1.29 is 17.7 Å². The summed E-state index contributed by atoms with van der Waals surface area (Å²) < 4.78 is 28.6. The van der Waals surface area contributed by atoms with Crippen molar-refractivity contribution in [2.75, 3.05) is 18.1 Å². The third-order valence-electron chi connectivity index (χ3n) is 4.13. The number of sulfone groups is 1. The Kier molecular flexibility index (Phi) is 5.67.